The van der Waals surface area contributed by atoms with Crippen molar-refractivity contribution >= 4 is 10.0 Å². The van der Waals surface area contributed by atoms with E-state index < -0.39 is 21.9 Å². The number of rotatable bonds is 5. The molecular weight excluding hydrogens is 269 g/mol. The topological polar surface area (TPSA) is 57.6 Å². The molecule has 6 heteroatoms. The lowest BCUT2D eigenvalue weighted by Gasteiger charge is -2.21. The molecule has 106 valence electrons. The van der Waals surface area contributed by atoms with Crippen LogP contribution in [-0.4, -0.2) is 37.5 Å². The Bertz CT molecular complexity index is 569. The Hall–Kier alpha value is -0.980. The van der Waals surface area contributed by atoms with E-state index >= 15 is 0 Å². The molecule has 2 rings (SSSR count). The van der Waals surface area contributed by atoms with E-state index in [2.05, 4.69) is 0 Å². The summed E-state index contributed by atoms with van der Waals surface area (Å²) in [5.41, 5.74) is 0.107. The lowest BCUT2D eigenvalue weighted by molar-refractivity contribution is 0.131. The summed E-state index contributed by atoms with van der Waals surface area (Å²) >= 11 is 0. The van der Waals surface area contributed by atoms with E-state index in [0.717, 1.165) is 17.1 Å². The van der Waals surface area contributed by atoms with Crippen molar-refractivity contribution in [3.63, 3.8) is 0 Å². The summed E-state index contributed by atoms with van der Waals surface area (Å²) in [6.07, 6.45) is 1.23. The molecule has 0 radical (unpaired) electrons. The first-order valence-electron chi connectivity index (χ1n) is 6.23. The molecule has 1 aromatic carbocycles. The number of hydrogen-bond donors (Lipinski definition) is 1. The molecule has 1 aliphatic carbocycles. The number of benzene rings is 1. The van der Waals surface area contributed by atoms with Crippen molar-refractivity contribution in [3.8, 4) is 0 Å². The zero-order valence-electron chi connectivity index (χ0n) is 11.0. The predicted molar refractivity (Wildman–Crippen MR) is 69.7 cm³/mol. The lowest BCUT2D eigenvalue weighted by Crippen LogP contribution is -2.35. The number of aliphatic hydroxyl groups excluding tert-OH is 1. The molecule has 0 saturated heterocycles. The van der Waals surface area contributed by atoms with Gasteiger partial charge < -0.3 is 5.11 Å². The smallest absolute Gasteiger partial charge is 0.243 e. The maximum absolute atomic E-state index is 13.4. The largest absolute Gasteiger partial charge is 0.391 e. The van der Waals surface area contributed by atoms with Crippen LogP contribution in [0.15, 0.2) is 23.1 Å². The second-order valence-corrected chi connectivity index (χ2v) is 7.07. The van der Waals surface area contributed by atoms with Gasteiger partial charge in [0.25, 0.3) is 0 Å². The van der Waals surface area contributed by atoms with Gasteiger partial charge in [0.1, 0.15) is 5.82 Å². The molecule has 19 heavy (non-hydrogen) atoms. The number of aliphatic hydroxyl groups is 1. The zero-order valence-corrected chi connectivity index (χ0v) is 11.8. The molecular formula is C13H18FNO3S. The van der Waals surface area contributed by atoms with Crippen LogP contribution in [0.4, 0.5) is 4.39 Å². The second kappa shape index (κ2) is 5.19. The van der Waals surface area contributed by atoms with Crippen molar-refractivity contribution in [2.45, 2.75) is 30.8 Å². The van der Waals surface area contributed by atoms with Gasteiger partial charge in [-0.2, -0.15) is 4.31 Å². The summed E-state index contributed by atoms with van der Waals surface area (Å²) in [6, 6.07) is 3.99. The fourth-order valence-electron chi connectivity index (χ4n) is 2.03. The third-order valence-electron chi connectivity index (χ3n) is 3.52. The molecule has 0 bridgehead atoms. The fourth-order valence-corrected chi connectivity index (χ4v) is 3.45. The minimum Gasteiger partial charge on any atom is -0.391 e. The van der Waals surface area contributed by atoms with E-state index in [4.69, 9.17) is 0 Å². The molecule has 1 saturated carbocycles. The number of halogens is 1. The number of likely N-dealkylation sites (N-methyl/N-ethyl adjacent to an activating group) is 1. The summed E-state index contributed by atoms with van der Waals surface area (Å²) < 4.78 is 39.2. The predicted octanol–water partition coefficient (Wildman–Crippen LogP) is 1.53. The third-order valence-corrected chi connectivity index (χ3v) is 5.48. The highest BCUT2D eigenvalue weighted by Gasteiger charge is 2.33. The highest BCUT2D eigenvalue weighted by Crippen LogP contribution is 2.33. The molecule has 1 fully saturated rings. The number of sulfonamides is 1. The molecule has 0 amide bonds. The van der Waals surface area contributed by atoms with Gasteiger partial charge in [0, 0.05) is 19.2 Å². The highest BCUT2D eigenvalue weighted by molar-refractivity contribution is 7.89. The van der Waals surface area contributed by atoms with E-state index in [1.807, 2.05) is 0 Å². The Balaban J connectivity index is 2.23. The summed E-state index contributed by atoms with van der Waals surface area (Å²) in [7, 11) is -2.35. The molecule has 4 nitrogen and oxygen atoms in total. The first-order valence-corrected chi connectivity index (χ1v) is 7.67. The Labute approximate surface area is 112 Å². The Kier molecular flexibility index (Phi) is 3.94. The van der Waals surface area contributed by atoms with Crippen LogP contribution in [0.5, 0.6) is 0 Å². The van der Waals surface area contributed by atoms with Crippen LogP contribution < -0.4 is 0 Å². The molecule has 1 atom stereocenters. The fraction of sp³-hybridized carbons (Fsp3) is 0.538. The van der Waals surface area contributed by atoms with Crippen LogP contribution in [0.3, 0.4) is 0 Å². The SMILES string of the molecule is Cc1c(F)cccc1S(=O)(=O)N(C)CC(O)C1CC1. The molecule has 1 unspecified atom stereocenters. The van der Waals surface area contributed by atoms with E-state index in [0.29, 0.717) is 0 Å². The van der Waals surface area contributed by atoms with Crippen molar-refractivity contribution in [1.29, 1.82) is 0 Å². The van der Waals surface area contributed by atoms with E-state index in [-0.39, 0.29) is 22.9 Å². The lowest BCUT2D eigenvalue weighted by atomic mass is 10.2. The van der Waals surface area contributed by atoms with E-state index in [1.165, 1.54) is 32.2 Å². The van der Waals surface area contributed by atoms with Crippen LogP contribution in [0.25, 0.3) is 0 Å². The molecule has 1 aromatic rings. The second-order valence-electron chi connectivity index (χ2n) is 5.05. The molecule has 0 spiro atoms. The van der Waals surface area contributed by atoms with Gasteiger partial charge in [-0.25, -0.2) is 12.8 Å². The van der Waals surface area contributed by atoms with Crippen LogP contribution in [0.1, 0.15) is 18.4 Å². The van der Waals surface area contributed by atoms with Crippen molar-refractivity contribution in [2.24, 2.45) is 5.92 Å². The minimum atomic E-state index is -3.76. The van der Waals surface area contributed by atoms with Gasteiger partial charge in [-0.15, -0.1) is 0 Å². The molecule has 1 N–H and O–H groups in total. The molecule has 0 aromatic heterocycles. The Morgan fingerprint density at radius 1 is 1.47 bits per heavy atom. The van der Waals surface area contributed by atoms with Gasteiger partial charge in [0.15, 0.2) is 0 Å². The van der Waals surface area contributed by atoms with Gasteiger partial charge in [0.2, 0.25) is 10.0 Å². The first-order chi connectivity index (χ1) is 8.84. The van der Waals surface area contributed by atoms with Crippen LogP contribution in [0.2, 0.25) is 0 Å². The first kappa shape index (κ1) is 14.4. The van der Waals surface area contributed by atoms with E-state index in [9.17, 15) is 17.9 Å². The van der Waals surface area contributed by atoms with Crippen LogP contribution >= 0.6 is 0 Å². The van der Waals surface area contributed by atoms with Crippen LogP contribution in [0, 0.1) is 18.7 Å². The quantitative estimate of drug-likeness (QED) is 0.893. The number of hydrogen-bond acceptors (Lipinski definition) is 3. The van der Waals surface area contributed by atoms with Gasteiger partial charge >= 0.3 is 0 Å². The zero-order chi connectivity index (χ0) is 14.2. The van der Waals surface area contributed by atoms with Crippen molar-refractivity contribution in [2.75, 3.05) is 13.6 Å². The normalized spacial score (nSPS) is 17.7. The van der Waals surface area contributed by atoms with Gasteiger partial charge in [-0.05, 0) is 37.8 Å². The average Bonchev–Trinajstić information content (AvgIpc) is 3.16. The molecule has 0 aliphatic heterocycles. The standard InChI is InChI=1S/C13H18FNO3S/c1-9-11(14)4-3-5-13(9)19(17,18)15(2)8-12(16)10-6-7-10/h3-5,10,12,16H,6-8H2,1-2H3. The molecule has 0 heterocycles. The van der Waals surface area contributed by atoms with Crippen molar-refractivity contribution in [3.05, 3.63) is 29.6 Å². The third kappa shape index (κ3) is 2.96. The monoisotopic (exact) mass is 287 g/mol. The molecule has 1 aliphatic rings. The average molecular weight is 287 g/mol. The maximum Gasteiger partial charge on any atom is 0.243 e. The van der Waals surface area contributed by atoms with E-state index in [1.54, 1.807) is 0 Å². The summed E-state index contributed by atoms with van der Waals surface area (Å²) in [5, 5.41) is 9.81. The number of nitrogens with zero attached hydrogens (tertiary/aromatic N) is 1. The summed E-state index contributed by atoms with van der Waals surface area (Å²) in [4.78, 5) is -0.0435. The van der Waals surface area contributed by atoms with Gasteiger partial charge in [0.05, 0.1) is 11.0 Å². The Morgan fingerprint density at radius 2 is 2.11 bits per heavy atom. The summed E-state index contributed by atoms with van der Waals surface area (Å²) in [6.45, 7) is 1.48. The van der Waals surface area contributed by atoms with Crippen molar-refractivity contribution in [1.82, 2.24) is 4.31 Å². The van der Waals surface area contributed by atoms with Gasteiger partial charge in [-0.3, -0.25) is 0 Å². The maximum atomic E-state index is 13.4. The van der Waals surface area contributed by atoms with Gasteiger partial charge in [-0.1, -0.05) is 6.07 Å². The highest BCUT2D eigenvalue weighted by atomic mass is 32.2. The van der Waals surface area contributed by atoms with Crippen molar-refractivity contribution < 1.29 is 17.9 Å². The summed E-state index contributed by atoms with van der Waals surface area (Å²) in [5.74, 6) is -0.344. The Morgan fingerprint density at radius 3 is 2.68 bits per heavy atom. The minimum absolute atomic E-state index is 0.0435. The van der Waals surface area contributed by atoms with Crippen LogP contribution in [-0.2, 0) is 10.0 Å².